The summed E-state index contributed by atoms with van der Waals surface area (Å²) in [4.78, 5) is 29.6. The fraction of sp³-hybridized carbons (Fsp3) is 0.214. The summed E-state index contributed by atoms with van der Waals surface area (Å²) in [6, 6.07) is 5.82. The van der Waals surface area contributed by atoms with Gasteiger partial charge in [-0.2, -0.15) is 4.98 Å². The van der Waals surface area contributed by atoms with Gasteiger partial charge in [-0.25, -0.2) is 14.0 Å². The van der Waals surface area contributed by atoms with Crippen LogP contribution in [0.5, 0.6) is 0 Å². The monoisotopic (exact) mass is 276 g/mol. The Labute approximate surface area is 114 Å². The van der Waals surface area contributed by atoms with E-state index in [-0.39, 0.29) is 23.4 Å². The zero-order valence-corrected chi connectivity index (χ0v) is 11.1. The van der Waals surface area contributed by atoms with E-state index in [0.29, 0.717) is 5.69 Å². The predicted molar refractivity (Wildman–Crippen MR) is 70.9 cm³/mol. The standard InChI is InChI=1S/C14H13FN2O3/c1-3-20-13(18)11-8(2)16-14(19)17-12(11)9-6-4-5-7-10(9)15/h4-7H,3H2,1-2H3,(H,16,17,19). The van der Waals surface area contributed by atoms with Gasteiger partial charge in [-0.05, 0) is 26.0 Å². The van der Waals surface area contributed by atoms with Gasteiger partial charge in [0, 0.05) is 11.3 Å². The third kappa shape index (κ3) is 2.59. The molecule has 2 aromatic rings. The van der Waals surface area contributed by atoms with Gasteiger partial charge in [0.25, 0.3) is 0 Å². The fourth-order valence-corrected chi connectivity index (χ4v) is 1.89. The van der Waals surface area contributed by atoms with Crippen LogP contribution < -0.4 is 5.69 Å². The normalized spacial score (nSPS) is 10.3. The molecule has 0 amide bonds. The first kappa shape index (κ1) is 13.9. The molecule has 0 bridgehead atoms. The summed E-state index contributed by atoms with van der Waals surface area (Å²) in [5.41, 5.74) is -0.209. The lowest BCUT2D eigenvalue weighted by atomic mass is 10.0. The molecule has 0 fully saturated rings. The molecule has 0 saturated carbocycles. The van der Waals surface area contributed by atoms with Gasteiger partial charge in [0.2, 0.25) is 0 Å². The highest BCUT2D eigenvalue weighted by molar-refractivity contribution is 5.97. The van der Waals surface area contributed by atoms with E-state index in [1.165, 1.54) is 18.2 Å². The highest BCUT2D eigenvalue weighted by Crippen LogP contribution is 2.25. The van der Waals surface area contributed by atoms with Crippen LogP contribution in [-0.2, 0) is 4.74 Å². The average Bonchev–Trinajstić information content (AvgIpc) is 2.38. The van der Waals surface area contributed by atoms with Crippen LogP contribution >= 0.6 is 0 Å². The van der Waals surface area contributed by atoms with Crippen LogP contribution in [0.2, 0.25) is 0 Å². The van der Waals surface area contributed by atoms with Crippen LogP contribution in [0.3, 0.4) is 0 Å². The number of aryl methyl sites for hydroxylation is 1. The Hall–Kier alpha value is -2.50. The molecule has 1 aromatic carbocycles. The summed E-state index contributed by atoms with van der Waals surface area (Å²) in [7, 11) is 0. The smallest absolute Gasteiger partial charge is 0.345 e. The largest absolute Gasteiger partial charge is 0.462 e. The molecule has 0 aliphatic heterocycles. The maximum Gasteiger partial charge on any atom is 0.345 e. The van der Waals surface area contributed by atoms with Crippen LogP contribution in [0.15, 0.2) is 29.1 Å². The molecule has 1 heterocycles. The van der Waals surface area contributed by atoms with Gasteiger partial charge in [0.05, 0.1) is 12.3 Å². The predicted octanol–water partition coefficient (Wildman–Crippen LogP) is 2.06. The van der Waals surface area contributed by atoms with E-state index in [0.717, 1.165) is 0 Å². The molecular formula is C14H13FN2O3. The number of nitrogens with one attached hydrogen (secondary N) is 1. The minimum Gasteiger partial charge on any atom is -0.462 e. The average molecular weight is 276 g/mol. The first-order valence-corrected chi connectivity index (χ1v) is 6.07. The number of rotatable bonds is 3. The van der Waals surface area contributed by atoms with Crippen molar-refractivity contribution in [3.8, 4) is 11.3 Å². The summed E-state index contributed by atoms with van der Waals surface area (Å²) in [6.45, 7) is 3.38. The van der Waals surface area contributed by atoms with E-state index in [1.807, 2.05) is 0 Å². The van der Waals surface area contributed by atoms with Crippen molar-refractivity contribution in [2.45, 2.75) is 13.8 Å². The van der Waals surface area contributed by atoms with Crippen molar-refractivity contribution >= 4 is 5.97 Å². The molecule has 0 saturated heterocycles. The number of aromatic amines is 1. The van der Waals surface area contributed by atoms with Gasteiger partial charge in [0.15, 0.2) is 0 Å². The first-order valence-electron chi connectivity index (χ1n) is 6.07. The Morgan fingerprint density at radius 3 is 2.75 bits per heavy atom. The second-order valence-electron chi connectivity index (χ2n) is 4.09. The van der Waals surface area contributed by atoms with E-state index in [9.17, 15) is 14.0 Å². The van der Waals surface area contributed by atoms with Crippen molar-refractivity contribution in [1.82, 2.24) is 9.97 Å². The number of ether oxygens (including phenoxy) is 1. The van der Waals surface area contributed by atoms with E-state index < -0.39 is 17.5 Å². The third-order valence-electron chi connectivity index (χ3n) is 2.73. The molecule has 1 aromatic heterocycles. The van der Waals surface area contributed by atoms with Gasteiger partial charge in [0.1, 0.15) is 11.4 Å². The van der Waals surface area contributed by atoms with E-state index in [1.54, 1.807) is 19.9 Å². The summed E-state index contributed by atoms with van der Waals surface area (Å²) >= 11 is 0. The lowest BCUT2D eigenvalue weighted by Crippen LogP contribution is -2.20. The van der Waals surface area contributed by atoms with Crippen molar-refractivity contribution in [2.75, 3.05) is 6.61 Å². The molecule has 0 atom stereocenters. The Morgan fingerprint density at radius 2 is 2.10 bits per heavy atom. The van der Waals surface area contributed by atoms with Crippen LogP contribution in [0.4, 0.5) is 4.39 Å². The van der Waals surface area contributed by atoms with Gasteiger partial charge in [-0.15, -0.1) is 0 Å². The minimum atomic E-state index is -0.646. The van der Waals surface area contributed by atoms with Crippen molar-refractivity contribution in [2.24, 2.45) is 0 Å². The summed E-state index contributed by atoms with van der Waals surface area (Å²) in [5.74, 6) is -1.21. The molecular weight excluding hydrogens is 263 g/mol. The minimum absolute atomic E-state index is 0.0113. The number of halogens is 1. The summed E-state index contributed by atoms with van der Waals surface area (Å²) in [6.07, 6.45) is 0. The summed E-state index contributed by atoms with van der Waals surface area (Å²) < 4.78 is 18.8. The van der Waals surface area contributed by atoms with Gasteiger partial charge in [-0.3, -0.25) is 0 Å². The van der Waals surface area contributed by atoms with Gasteiger partial charge in [-0.1, -0.05) is 12.1 Å². The molecule has 2 rings (SSSR count). The SMILES string of the molecule is CCOC(=O)c1c(-c2ccccc2F)nc(=O)[nH]c1C. The molecule has 0 unspecified atom stereocenters. The third-order valence-corrected chi connectivity index (χ3v) is 2.73. The first-order chi connectivity index (χ1) is 9.54. The van der Waals surface area contributed by atoms with Crippen LogP contribution in [0.25, 0.3) is 11.3 Å². The molecule has 1 N–H and O–H groups in total. The van der Waals surface area contributed by atoms with E-state index >= 15 is 0 Å². The maximum atomic E-state index is 13.9. The molecule has 0 spiro atoms. The summed E-state index contributed by atoms with van der Waals surface area (Å²) in [5, 5.41) is 0. The zero-order valence-electron chi connectivity index (χ0n) is 11.1. The maximum absolute atomic E-state index is 13.9. The number of H-pyrrole nitrogens is 1. The van der Waals surface area contributed by atoms with Crippen molar-refractivity contribution in [3.63, 3.8) is 0 Å². The van der Waals surface area contributed by atoms with Gasteiger partial charge < -0.3 is 9.72 Å². The number of nitrogens with zero attached hydrogens (tertiary/aromatic N) is 1. The zero-order chi connectivity index (χ0) is 14.7. The Kier molecular flexibility index (Phi) is 3.93. The van der Waals surface area contributed by atoms with E-state index in [4.69, 9.17) is 4.74 Å². The second kappa shape index (κ2) is 5.64. The highest BCUT2D eigenvalue weighted by Gasteiger charge is 2.21. The Bertz CT molecular complexity index is 710. The number of esters is 1. The van der Waals surface area contributed by atoms with Crippen molar-refractivity contribution in [3.05, 3.63) is 51.8 Å². The van der Waals surface area contributed by atoms with Crippen LogP contribution in [-0.4, -0.2) is 22.5 Å². The number of carbonyl (C=O) groups is 1. The lowest BCUT2D eigenvalue weighted by Gasteiger charge is -2.10. The molecule has 0 aliphatic carbocycles. The van der Waals surface area contributed by atoms with Crippen LogP contribution in [0, 0.1) is 12.7 Å². The lowest BCUT2D eigenvalue weighted by molar-refractivity contribution is 0.0525. The Morgan fingerprint density at radius 1 is 1.40 bits per heavy atom. The quantitative estimate of drug-likeness (QED) is 0.871. The van der Waals surface area contributed by atoms with Crippen molar-refractivity contribution in [1.29, 1.82) is 0 Å². The molecule has 20 heavy (non-hydrogen) atoms. The number of hydrogen-bond acceptors (Lipinski definition) is 4. The van der Waals surface area contributed by atoms with Gasteiger partial charge >= 0.3 is 11.7 Å². The number of aromatic nitrogens is 2. The molecule has 5 nitrogen and oxygen atoms in total. The molecule has 6 heteroatoms. The topological polar surface area (TPSA) is 72.0 Å². The molecule has 104 valence electrons. The molecule has 0 radical (unpaired) electrons. The van der Waals surface area contributed by atoms with Crippen molar-refractivity contribution < 1.29 is 13.9 Å². The van der Waals surface area contributed by atoms with E-state index in [2.05, 4.69) is 9.97 Å². The molecule has 0 aliphatic rings. The second-order valence-corrected chi connectivity index (χ2v) is 4.09. The van der Waals surface area contributed by atoms with Crippen LogP contribution in [0.1, 0.15) is 23.0 Å². The fourth-order valence-electron chi connectivity index (χ4n) is 1.89. The number of benzene rings is 1. The number of hydrogen-bond donors (Lipinski definition) is 1. The Balaban J connectivity index is 2.72. The number of carbonyl (C=O) groups excluding carboxylic acids is 1. The highest BCUT2D eigenvalue weighted by atomic mass is 19.1.